The van der Waals surface area contributed by atoms with Gasteiger partial charge in [-0.25, -0.2) is 0 Å². The summed E-state index contributed by atoms with van der Waals surface area (Å²) in [5.74, 6) is 1.45. The molecule has 6 atom stereocenters. The molecular formula is C24H32O3. The Bertz CT molecular complexity index is 800. The lowest BCUT2D eigenvalue weighted by Gasteiger charge is -2.60. The molecule has 0 radical (unpaired) electrons. The number of hydrogen-bond acceptors (Lipinski definition) is 3. The van der Waals surface area contributed by atoms with Gasteiger partial charge in [0, 0.05) is 22.8 Å². The monoisotopic (exact) mass is 368 g/mol. The van der Waals surface area contributed by atoms with Gasteiger partial charge in [-0.2, -0.15) is 0 Å². The van der Waals surface area contributed by atoms with E-state index in [1.165, 1.54) is 0 Å². The van der Waals surface area contributed by atoms with Crippen LogP contribution in [0.25, 0.3) is 0 Å². The van der Waals surface area contributed by atoms with Crippen LogP contribution in [0.15, 0.2) is 35.1 Å². The lowest BCUT2D eigenvalue weighted by Crippen LogP contribution is -2.55. The molecule has 0 aliphatic heterocycles. The van der Waals surface area contributed by atoms with Crippen molar-refractivity contribution >= 4 is 11.6 Å². The van der Waals surface area contributed by atoms with Gasteiger partial charge < -0.3 is 5.11 Å². The van der Waals surface area contributed by atoms with Gasteiger partial charge in [-0.05, 0) is 67.4 Å². The SMILES string of the molecule is C=C1C2=C(O)C(=O)C=C(CC)[C@]2(C)[C@H]2CC[C@]3(C)C(=O)CC[C@H]3[C@@H]2[C@@H]1CC. The fourth-order valence-electron chi connectivity index (χ4n) is 7.42. The summed E-state index contributed by atoms with van der Waals surface area (Å²) in [5.41, 5.74) is 2.32. The summed E-state index contributed by atoms with van der Waals surface area (Å²) in [4.78, 5) is 25.2. The Balaban J connectivity index is 1.92. The lowest BCUT2D eigenvalue weighted by atomic mass is 9.43. The molecule has 0 aromatic rings. The maximum absolute atomic E-state index is 12.7. The van der Waals surface area contributed by atoms with Gasteiger partial charge in [0.05, 0.1) is 0 Å². The minimum Gasteiger partial charge on any atom is -0.504 e. The van der Waals surface area contributed by atoms with E-state index in [1.54, 1.807) is 6.08 Å². The molecule has 0 saturated heterocycles. The normalized spacial score (nSPS) is 44.0. The second kappa shape index (κ2) is 5.93. The Hall–Kier alpha value is -1.64. The Morgan fingerprint density at radius 3 is 2.52 bits per heavy atom. The van der Waals surface area contributed by atoms with E-state index < -0.39 is 0 Å². The summed E-state index contributed by atoms with van der Waals surface area (Å²) >= 11 is 0. The zero-order valence-corrected chi connectivity index (χ0v) is 17.1. The van der Waals surface area contributed by atoms with Crippen molar-refractivity contribution in [2.24, 2.45) is 34.5 Å². The molecule has 4 aliphatic carbocycles. The van der Waals surface area contributed by atoms with Crippen molar-refractivity contribution in [2.45, 2.75) is 66.2 Å². The van der Waals surface area contributed by atoms with E-state index in [2.05, 4.69) is 34.3 Å². The smallest absolute Gasteiger partial charge is 0.220 e. The van der Waals surface area contributed by atoms with Crippen molar-refractivity contribution in [1.29, 1.82) is 0 Å². The van der Waals surface area contributed by atoms with Gasteiger partial charge in [0.25, 0.3) is 0 Å². The van der Waals surface area contributed by atoms with Crippen molar-refractivity contribution in [3.05, 3.63) is 35.1 Å². The van der Waals surface area contributed by atoms with Gasteiger partial charge in [-0.15, -0.1) is 0 Å². The minimum atomic E-state index is -0.340. The summed E-state index contributed by atoms with van der Waals surface area (Å²) in [5, 5.41) is 10.8. The highest BCUT2D eigenvalue weighted by Crippen LogP contribution is 2.68. The maximum Gasteiger partial charge on any atom is 0.220 e. The summed E-state index contributed by atoms with van der Waals surface area (Å²) in [6, 6.07) is 0. The van der Waals surface area contributed by atoms with Crippen molar-refractivity contribution in [1.82, 2.24) is 0 Å². The van der Waals surface area contributed by atoms with Gasteiger partial charge in [-0.1, -0.05) is 39.8 Å². The standard InChI is InChI=1S/C24H32O3/c1-6-14-12-18(25)22(27)21-13(3)15(7-2)20-16-8-9-19(26)23(16,4)11-10-17(20)24(14,21)5/h12,15-17,20,27H,3,6-11H2,1-2,4-5H3/t15-,16+,17+,20+,23+,24-/m1/s1. The average molecular weight is 369 g/mol. The summed E-state index contributed by atoms with van der Waals surface area (Å²) in [7, 11) is 0. The topological polar surface area (TPSA) is 54.4 Å². The number of carbonyl (C=O) groups excluding carboxylic acids is 2. The predicted molar refractivity (Wildman–Crippen MR) is 106 cm³/mol. The fraction of sp³-hybridized carbons (Fsp3) is 0.667. The molecule has 3 fully saturated rings. The van der Waals surface area contributed by atoms with Crippen LogP contribution in [0.4, 0.5) is 0 Å². The minimum absolute atomic E-state index is 0.0903. The summed E-state index contributed by atoms with van der Waals surface area (Å²) < 4.78 is 0. The number of fused-ring (bicyclic) bond motifs is 5. The second-order valence-electron chi connectivity index (χ2n) is 9.56. The van der Waals surface area contributed by atoms with Crippen LogP contribution in [0, 0.1) is 34.5 Å². The number of Topliss-reactive ketones (excluding diaryl/α,β-unsaturated/α-hetero) is 1. The van der Waals surface area contributed by atoms with Gasteiger partial charge in [0.2, 0.25) is 5.78 Å². The molecule has 3 heteroatoms. The molecule has 4 aliphatic rings. The van der Waals surface area contributed by atoms with Crippen molar-refractivity contribution in [2.75, 3.05) is 0 Å². The van der Waals surface area contributed by atoms with E-state index in [0.717, 1.165) is 48.8 Å². The zero-order chi connectivity index (χ0) is 19.7. The number of aliphatic hydroxyl groups excluding tert-OH is 1. The van der Waals surface area contributed by atoms with Crippen molar-refractivity contribution < 1.29 is 14.7 Å². The summed E-state index contributed by atoms with van der Waals surface area (Å²) in [6.07, 6.45) is 6.99. The van der Waals surface area contributed by atoms with Crippen LogP contribution >= 0.6 is 0 Å². The van der Waals surface area contributed by atoms with Gasteiger partial charge in [0.15, 0.2) is 5.76 Å². The molecule has 3 saturated carbocycles. The Kier molecular flexibility index (Phi) is 4.11. The Morgan fingerprint density at radius 1 is 1.19 bits per heavy atom. The molecule has 0 amide bonds. The first-order chi connectivity index (χ1) is 12.7. The van der Waals surface area contributed by atoms with Crippen LogP contribution in [-0.4, -0.2) is 16.7 Å². The van der Waals surface area contributed by atoms with Crippen LogP contribution < -0.4 is 0 Å². The van der Waals surface area contributed by atoms with Gasteiger partial charge >= 0.3 is 0 Å². The Morgan fingerprint density at radius 2 is 1.89 bits per heavy atom. The number of rotatable bonds is 2. The largest absolute Gasteiger partial charge is 0.504 e. The molecule has 0 spiro atoms. The molecule has 146 valence electrons. The first-order valence-corrected chi connectivity index (χ1v) is 10.6. The average Bonchev–Trinajstić information content (AvgIpc) is 2.93. The zero-order valence-electron chi connectivity index (χ0n) is 17.1. The number of allylic oxidation sites excluding steroid dienone is 4. The quantitative estimate of drug-likeness (QED) is 0.716. The maximum atomic E-state index is 12.7. The van der Waals surface area contributed by atoms with Crippen molar-refractivity contribution in [3.8, 4) is 0 Å². The predicted octanol–water partition coefficient (Wildman–Crippen LogP) is 5.33. The molecule has 0 aromatic heterocycles. The van der Waals surface area contributed by atoms with Crippen LogP contribution in [0.1, 0.15) is 66.2 Å². The molecule has 0 unspecified atom stereocenters. The molecule has 0 aromatic carbocycles. The van der Waals surface area contributed by atoms with E-state index in [0.29, 0.717) is 30.0 Å². The third kappa shape index (κ3) is 2.14. The first kappa shape index (κ1) is 18.7. The highest BCUT2D eigenvalue weighted by Gasteiger charge is 2.63. The molecule has 1 N–H and O–H groups in total. The third-order valence-corrected chi connectivity index (χ3v) is 8.80. The molecule has 3 nitrogen and oxygen atoms in total. The van der Waals surface area contributed by atoms with E-state index in [9.17, 15) is 14.7 Å². The van der Waals surface area contributed by atoms with E-state index >= 15 is 0 Å². The van der Waals surface area contributed by atoms with Crippen molar-refractivity contribution in [3.63, 3.8) is 0 Å². The molecule has 4 rings (SSSR count). The van der Waals surface area contributed by atoms with Gasteiger partial charge in [0.1, 0.15) is 5.78 Å². The Labute approximate surface area is 162 Å². The highest BCUT2D eigenvalue weighted by atomic mass is 16.3. The molecule has 0 heterocycles. The molecule has 27 heavy (non-hydrogen) atoms. The number of hydrogen-bond donors (Lipinski definition) is 1. The summed E-state index contributed by atoms with van der Waals surface area (Å²) in [6.45, 7) is 13.1. The number of ketones is 2. The van der Waals surface area contributed by atoms with E-state index in [-0.39, 0.29) is 28.3 Å². The fourth-order valence-corrected chi connectivity index (χ4v) is 7.42. The third-order valence-electron chi connectivity index (χ3n) is 8.80. The number of aliphatic hydroxyl groups is 1. The second-order valence-corrected chi connectivity index (χ2v) is 9.56. The van der Waals surface area contributed by atoms with Crippen LogP contribution in [0.5, 0.6) is 0 Å². The molecule has 0 bridgehead atoms. The van der Waals surface area contributed by atoms with E-state index in [1.807, 2.05) is 0 Å². The molecular weight excluding hydrogens is 336 g/mol. The first-order valence-electron chi connectivity index (χ1n) is 10.6. The number of carbonyl (C=O) groups is 2. The van der Waals surface area contributed by atoms with Crippen LogP contribution in [0.3, 0.4) is 0 Å². The van der Waals surface area contributed by atoms with Crippen LogP contribution in [0.2, 0.25) is 0 Å². The van der Waals surface area contributed by atoms with E-state index in [4.69, 9.17) is 0 Å². The van der Waals surface area contributed by atoms with Gasteiger partial charge in [-0.3, -0.25) is 9.59 Å². The van der Waals surface area contributed by atoms with Crippen LogP contribution in [-0.2, 0) is 9.59 Å². The highest BCUT2D eigenvalue weighted by molar-refractivity contribution is 6.05. The lowest BCUT2D eigenvalue weighted by molar-refractivity contribution is -0.132.